The molecule has 1 fully saturated rings. The number of nitrogen functional groups attached to an aromatic ring is 1. The number of carbonyl (C=O) groups excluding carboxylic acids is 2. The summed E-state index contributed by atoms with van der Waals surface area (Å²) in [6, 6.07) is 4.63. The molecule has 0 aromatic heterocycles. The molecular formula is C15H21N3O3. The number of hydrogen-bond donors (Lipinski definition) is 2. The summed E-state index contributed by atoms with van der Waals surface area (Å²) in [5.74, 6) is -0.369. The molecule has 1 heterocycles. The standard InChI is InChI=1S/C15H21N3O3/c1-3-17-14(19)13-9-21-7-6-18(13)15(20)12-8-11(16)5-4-10(12)2/h4-5,8,13H,3,6-7,9,16H2,1-2H3,(H,17,19). The van der Waals surface area contributed by atoms with Crippen LogP contribution in [-0.4, -0.2) is 49.1 Å². The molecule has 1 atom stereocenters. The second kappa shape index (κ2) is 6.58. The monoisotopic (exact) mass is 291 g/mol. The van der Waals surface area contributed by atoms with Crippen LogP contribution in [0.1, 0.15) is 22.8 Å². The van der Waals surface area contributed by atoms with Crippen LogP contribution in [0.25, 0.3) is 0 Å². The first-order valence-electron chi connectivity index (χ1n) is 7.07. The Morgan fingerprint density at radius 2 is 2.24 bits per heavy atom. The number of likely N-dealkylation sites (N-methyl/N-ethyl adjacent to an activating group) is 1. The molecule has 6 nitrogen and oxygen atoms in total. The number of aryl methyl sites for hydroxylation is 1. The van der Waals surface area contributed by atoms with Gasteiger partial charge in [-0.2, -0.15) is 0 Å². The van der Waals surface area contributed by atoms with E-state index in [0.29, 0.717) is 30.9 Å². The molecule has 0 radical (unpaired) electrons. The van der Waals surface area contributed by atoms with Gasteiger partial charge < -0.3 is 20.7 Å². The van der Waals surface area contributed by atoms with Crippen molar-refractivity contribution in [1.82, 2.24) is 10.2 Å². The van der Waals surface area contributed by atoms with Crippen LogP contribution < -0.4 is 11.1 Å². The Kier molecular flexibility index (Phi) is 4.80. The van der Waals surface area contributed by atoms with Crippen molar-refractivity contribution < 1.29 is 14.3 Å². The maximum atomic E-state index is 12.7. The molecule has 1 aromatic carbocycles. The first-order chi connectivity index (χ1) is 10.0. The van der Waals surface area contributed by atoms with Crippen molar-refractivity contribution in [2.24, 2.45) is 0 Å². The van der Waals surface area contributed by atoms with Crippen molar-refractivity contribution in [1.29, 1.82) is 0 Å². The molecule has 0 aliphatic carbocycles. The summed E-state index contributed by atoms with van der Waals surface area (Å²) in [7, 11) is 0. The van der Waals surface area contributed by atoms with Crippen molar-refractivity contribution in [3.05, 3.63) is 29.3 Å². The van der Waals surface area contributed by atoms with E-state index in [4.69, 9.17) is 10.5 Å². The zero-order chi connectivity index (χ0) is 15.4. The van der Waals surface area contributed by atoms with Crippen LogP contribution in [-0.2, 0) is 9.53 Å². The van der Waals surface area contributed by atoms with Crippen LogP contribution in [0.15, 0.2) is 18.2 Å². The quantitative estimate of drug-likeness (QED) is 0.797. The van der Waals surface area contributed by atoms with Gasteiger partial charge in [-0.1, -0.05) is 6.07 Å². The van der Waals surface area contributed by atoms with E-state index in [1.807, 2.05) is 19.9 Å². The molecule has 1 saturated heterocycles. The fourth-order valence-corrected chi connectivity index (χ4v) is 2.38. The SMILES string of the molecule is CCNC(=O)C1COCCN1C(=O)c1cc(N)ccc1C. The minimum Gasteiger partial charge on any atom is -0.399 e. The Labute approximate surface area is 124 Å². The van der Waals surface area contributed by atoms with Crippen molar-refractivity contribution in [3.63, 3.8) is 0 Å². The molecule has 21 heavy (non-hydrogen) atoms. The molecule has 1 aromatic rings. The number of morpholine rings is 1. The third kappa shape index (κ3) is 3.33. The van der Waals surface area contributed by atoms with Crippen LogP contribution >= 0.6 is 0 Å². The van der Waals surface area contributed by atoms with E-state index in [9.17, 15) is 9.59 Å². The average molecular weight is 291 g/mol. The maximum Gasteiger partial charge on any atom is 0.255 e. The van der Waals surface area contributed by atoms with Gasteiger partial charge in [-0.3, -0.25) is 9.59 Å². The summed E-state index contributed by atoms with van der Waals surface area (Å²) in [6.07, 6.45) is 0. The average Bonchev–Trinajstić information content (AvgIpc) is 2.49. The van der Waals surface area contributed by atoms with E-state index >= 15 is 0 Å². The number of hydrogen-bond acceptors (Lipinski definition) is 4. The number of benzene rings is 1. The van der Waals surface area contributed by atoms with E-state index in [1.54, 1.807) is 17.0 Å². The zero-order valence-electron chi connectivity index (χ0n) is 12.4. The number of carbonyl (C=O) groups is 2. The second-order valence-electron chi connectivity index (χ2n) is 5.06. The molecule has 2 amide bonds. The lowest BCUT2D eigenvalue weighted by Gasteiger charge is -2.34. The lowest BCUT2D eigenvalue weighted by Crippen LogP contribution is -2.56. The van der Waals surface area contributed by atoms with E-state index in [-0.39, 0.29) is 18.4 Å². The van der Waals surface area contributed by atoms with Gasteiger partial charge >= 0.3 is 0 Å². The molecule has 2 rings (SSSR count). The lowest BCUT2D eigenvalue weighted by atomic mass is 10.0. The van der Waals surface area contributed by atoms with Crippen LogP contribution in [0, 0.1) is 6.92 Å². The van der Waals surface area contributed by atoms with Crippen LogP contribution in [0.3, 0.4) is 0 Å². The molecule has 1 unspecified atom stereocenters. The third-order valence-corrected chi connectivity index (χ3v) is 3.54. The summed E-state index contributed by atoms with van der Waals surface area (Å²) in [4.78, 5) is 26.4. The van der Waals surface area contributed by atoms with Crippen molar-refractivity contribution in [3.8, 4) is 0 Å². The van der Waals surface area contributed by atoms with Gasteiger partial charge in [0.2, 0.25) is 5.91 Å². The van der Waals surface area contributed by atoms with Gasteiger partial charge in [0.05, 0.1) is 13.2 Å². The molecule has 1 aliphatic rings. The van der Waals surface area contributed by atoms with Crippen LogP contribution in [0.5, 0.6) is 0 Å². The normalized spacial score (nSPS) is 18.4. The molecule has 3 N–H and O–H groups in total. The molecule has 0 spiro atoms. The van der Waals surface area contributed by atoms with Gasteiger partial charge in [0.1, 0.15) is 6.04 Å². The molecule has 0 bridgehead atoms. The molecular weight excluding hydrogens is 270 g/mol. The lowest BCUT2D eigenvalue weighted by molar-refractivity contribution is -0.130. The molecule has 0 saturated carbocycles. The third-order valence-electron chi connectivity index (χ3n) is 3.54. The molecule has 6 heteroatoms. The number of nitrogens with zero attached hydrogens (tertiary/aromatic N) is 1. The Hall–Kier alpha value is -2.08. The van der Waals surface area contributed by atoms with E-state index in [1.165, 1.54) is 0 Å². The number of rotatable bonds is 3. The van der Waals surface area contributed by atoms with Crippen molar-refractivity contribution in [2.75, 3.05) is 32.0 Å². The van der Waals surface area contributed by atoms with E-state index in [2.05, 4.69) is 5.32 Å². The van der Waals surface area contributed by atoms with Gasteiger partial charge in [0.15, 0.2) is 0 Å². The molecule has 114 valence electrons. The van der Waals surface area contributed by atoms with Gasteiger partial charge in [-0.15, -0.1) is 0 Å². The summed E-state index contributed by atoms with van der Waals surface area (Å²) in [5, 5.41) is 2.74. The fourth-order valence-electron chi connectivity index (χ4n) is 2.38. The highest BCUT2D eigenvalue weighted by Crippen LogP contribution is 2.18. The predicted molar refractivity (Wildman–Crippen MR) is 79.9 cm³/mol. The predicted octanol–water partition coefficient (Wildman–Crippen LogP) is 0.554. The summed E-state index contributed by atoms with van der Waals surface area (Å²) < 4.78 is 5.34. The van der Waals surface area contributed by atoms with Crippen LogP contribution in [0.2, 0.25) is 0 Å². The summed E-state index contributed by atoms with van der Waals surface area (Å²) in [5.41, 5.74) is 7.67. The van der Waals surface area contributed by atoms with E-state index in [0.717, 1.165) is 5.56 Å². The number of nitrogens with one attached hydrogen (secondary N) is 1. The van der Waals surface area contributed by atoms with E-state index < -0.39 is 6.04 Å². The number of nitrogens with two attached hydrogens (primary N) is 1. The number of anilines is 1. The highest BCUT2D eigenvalue weighted by atomic mass is 16.5. The Morgan fingerprint density at radius 1 is 1.48 bits per heavy atom. The van der Waals surface area contributed by atoms with Gasteiger partial charge in [-0.25, -0.2) is 0 Å². The van der Waals surface area contributed by atoms with Crippen LogP contribution in [0.4, 0.5) is 5.69 Å². The Morgan fingerprint density at radius 3 is 2.95 bits per heavy atom. The highest BCUT2D eigenvalue weighted by molar-refractivity contribution is 5.99. The molecule has 1 aliphatic heterocycles. The van der Waals surface area contributed by atoms with Gasteiger partial charge in [-0.05, 0) is 31.5 Å². The zero-order valence-corrected chi connectivity index (χ0v) is 12.4. The van der Waals surface area contributed by atoms with Gasteiger partial charge in [0, 0.05) is 24.3 Å². The number of amides is 2. The maximum absolute atomic E-state index is 12.7. The first kappa shape index (κ1) is 15.3. The van der Waals surface area contributed by atoms with Gasteiger partial charge in [0.25, 0.3) is 5.91 Å². The minimum atomic E-state index is -0.591. The first-order valence-corrected chi connectivity index (χ1v) is 7.07. The summed E-state index contributed by atoms with van der Waals surface area (Å²) in [6.45, 7) is 5.27. The minimum absolute atomic E-state index is 0.181. The second-order valence-corrected chi connectivity index (χ2v) is 5.06. The van der Waals surface area contributed by atoms with Crippen molar-refractivity contribution in [2.45, 2.75) is 19.9 Å². The number of ether oxygens (including phenoxy) is 1. The summed E-state index contributed by atoms with van der Waals surface area (Å²) >= 11 is 0. The topological polar surface area (TPSA) is 84.7 Å². The Bertz CT molecular complexity index is 545. The van der Waals surface area contributed by atoms with Crippen molar-refractivity contribution >= 4 is 17.5 Å². The fraction of sp³-hybridized carbons (Fsp3) is 0.467. The smallest absolute Gasteiger partial charge is 0.255 e. The highest BCUT2D eigenvalue weighted by Gasteiger charge is 2.33. The Balaban J connectivity index is 2.26. The largest absolute Gasteiger partial charge is 0.399 e.